The number of halogens is 1. The van der Waals surface area contributed by atoms with Gasteiger partial charge in [0.05, 0.1) is 11.9 Å². The smallest absolute Gasteiger partial charge is 0.174 e. The third-order valence-corrected chi connectivity index (χ3v) is 3.25. The molecule has 0 radical (unpaired) electrons. The third kappa shape index (κ3) is 3.78. The topological polar surface area (TPSA) is 60.2 Å². The molecule has 1 aliphatic rings. The largest absolute Gasteiger partial charge is 0.484 e. The van der Waals surface area contributed by atoms with E-state index in [2.05, 4.69) is 31.4 Å². The van der Waals surface area contributed by atoms with Crippen molar-refractivity contribution < 1.29 is 9.26 Å². The van der Waals surface area contributed by atoms with Crippen LogP contribution >= 0.6 is 15.9 Å². The van der Waals surface area contributed by atoms with Gasteiger partial charge in [0.25, 0.3) is 0 Å². The quantitative estimate of drug-likeness (QED) is 0.885. The van der Waals surface area contributed by atoms with Gasteiger partial charge in [-0.3, -0.25) is 4.98 Å². The van der Waals surface area contributed by atoms with Gasteiger partial charge in [-0.25, -0.2) is 0 Å². The molecule has 0 saturated heterocycles. The van der Waals surface area contributed by atoms with Gasteiger partial charge in [0.1, 0.15) is 12.4 Å². The number of nitrogens with zero attached hydrogens (tertiary/aromatic N) is 2. The summed E-state index contributed by atoms with van der Waals surface area (Å²) >= 11 is 3.35. The van der Waals surface area contributed by atoms with E-state index in [1.165, 1.54) is 12.8 Å². The highest BCUT2D eigenvalue weighted by atomic mass is 79.9. The van der Waals surface area contributed by atoms with Crippen molar-refractivity contribution in [3.05, 3.63) is 40.5 Å². The van der Waals surface area contributed by atoms with Crippen LogP contribution in [-0.2, 0) is 13.2 Å². The fourth-order valence-electron chi connectivity index (χ4n) is 1.67. The van der Waals surface area contributed by atoms with E-state index in [0.717, 1.165) is 16.7 Å². The molecule has 3 rings (SSSR count). The fraction of sp³-hybridized carbons (Fsp3) is 0.385. The zero-order valence-electron chi connectivity index (χ0n) is 10.3. The van der Waals surface area contributed by atoms with Crippen LogP contribution < -0.4 is 10.1 Å². The second kappa shape index (κ2) is 5.71. The molecule has 1 fully saturated rings. The van der Waals surface area contributed by atoms with Crippen LogP contribution in [0.5, 0.6) is 5.75 Å². The van der Waals surface area contributed by atoms with Gasteiger partial charge < -0.3 is 14.6 Å². The van der Waals surface area contributed by atoms with Gasteiger partial charge in [0.15, 0.2) is 5.76 Å². The summed E-state index contributed by atoms with van der Waals surface area (Å²) in [6.07, 6.45) is 5.91. The van der Waals surface area contributed by atoms with E-state index in [4.69, 9.17) is 9.26 Å². The predicted molar refractivity (Wildman–Crippen MR) is 72.6 cm³/mol. The molecule has 100 valence electrons. The Bertz CT molecular complexity index is 554. The van der Waals surface area contributed by atoms with Crippen molar-refractivity contribution in [1.29, 1.82) is 0 Å². The van der Waals surface area contributed by atoms with Gasteiger partial charge in [0, 0.05) is 29.3 Å². The van der Waals surface area contributed by atoms with Crippen LogP contribution in [0.1, 0.15) is 24.3 Å². The van der Waals surface area contributed by atoms with Crippen LogP contribution in [0, 0.1) is 0 Å². The number of rotatable bonds is 6. The number of hydrogen-bond acceptors (Lipinski definition) is 5. The van der Waals surface area contributed by atoms with Crippen LogP contribution in [0.4, 0.5) is 0 Å². The summed E-state index contributed by atoms with van der Waals surface area (Å²) in [4.78, 5) is 4.03. The molecule has 19 heavy (non-hydrogen) atoms. The lowest BCUT2D eigenvalue weighted by molar-refractivity contribution is 0.247. The molecule has 0 aliphatic heterocycles. The molecule has 1 N–H and O–H groups in total. The van der Waals surface area contributed by atoms with Gasteiger partial charge in [-0.15, -0.1) is 0 Å². The maximum atomic E-state index is 5.58. The lowest BCUT2D eigenvalue weighted by atomic mass is 10.3. The molecule has 1 aliphatic carbocycles. The van der Waals surface area contributed by atoms with Crippen LogP contribution in [0.15, 0.2) is 33.5 Å². The molecule has 5 nitrogen and oxygen atoms in total. The maximum absolute atomic E-state index is 5.58. The Morgan fingerprint density at radius 1 is 1.37 bits per heavy atom. The highest BCUT2D eigenvalue weighted by Crippen LogP contribution is 2.20. The molecule has 0 atom stereocenters. The van der Waals surface area contributed by atoms with Crippen molar-refractivity contribution in [3.63, 3.8) is 0 Å². The first kappa shape index (κ1) is 12.6. The molecule has 2 aromatic heterocycles. The third-order valence-electron chi connectivity index (χ3n) is 2.82. The summed E-state index contributed by atoms with van der Waals surface area (Å²) in [7, 11) is 0. The number of nitrogens with one attached hydrogen (secondary N) is 1. The molecule has 2 heterocycles. The van der Waals surface area contributed by atoms with Crippen LogP contribution in [0.2, 0.25) is 0 Å². The summed E-state index contributed by atoms with van der Waals surface area (Å²) < 4.78 is 11.7. The van der Waals surface area contributed by atoms with Crippen molar-refractivity contribution in [1.82, 2.24) is 15.5 Å². The van der Waals surface area contributed by atoms with E-state index in [1.54, 1.807) is 12.4 Å². The molecule has 0 spiro atoms. The standard InChI is InChI=1S/C13H14BrN3O2/c14-9-3-12(7-15-5-9)18-8-13-4-11(17-19-13)6-16-10-1-2-10/h3-5,7,10,16H,1-2,6,8H2. The molecular formula is C13H14BrN3O2. The van der Waals surface area contributed by atoms with Crippen molar-refractivity contribution in [2.24, 2.45) is 0 Å². The van der Waals surface area contributed by atoms with Crippen molar-refractivity contribution in [2.75, 3.05) is 0 Å². The van der Waals surface area contributed by atoms with Gasteiger partial charge in [-0.05, 0) is 34.8 Å². The summed E-state index contributed by atoms with van der Waals surface area (Å²) in [6, 6.07) is 4.45. The molecule has 0 aromatic carbocycles. The van der Waals surface area contributed by atoms with E-state index in [1.807, 2.05) is 12.1 Å². The Balaban J connectivity index is 1.51. The van der Waals surface area contributed by atoms with E-state index >= 15 is 0 Å². The normalized spacial score (nSPS) is 14.6. The predicted octanol–water partition coefficient (Wildman–Crippen LogP) is 2.66. The van der Waals surface area contributed by atoms with Gasteiger partial charge >= 0.3 is 0 Å². The number of ether oxygens (including phenoxy) is 1. The number of aromatic nitrogens is 2. The fourth-order valence-corrected chi connectivity index (χ4v) is 2.01. The summed E-state index contributed by atoms with van der Waals surface area (Å²) in [5, 5.41) is 7.39. The van der Waals surface area contributed by atoms with Gasteiger partial charge in [-0.1, -0.05) is 5.16 Å². The number of pyridine rings is 1. The Kier molecular flexibility index (Phi) is 3.79. The Hall–Kier alpha value is -1.40. The lowest BCUT2D eigenvalue weighted by Gasteiger charge is -2.02. The van der Waals surface area contributed by atoms with Crippen LogP contribution in [0.25, 0.3) is 0 Å². The molecule has 2 aromatic rings. The molecule has 0 amide bonds. The zero-order chi connectivity index (χ0) is 13.1. The van der Waals surface area contributed by atoms with E-state index in [9.17, 15) is 0 Å². The van der Waals surface area contributed by atoms with Crippen LogP contribution in [-0.4, -0.2) is 16.2 Å². The highest BCUT2D eigenvalue weighted by Gasteiger charge is 2.20. The maximum Gasteiger partial charge on any atom is 0.174 e. The van der Waals surface area contributed by atoms with Crippen LogP contribution in [0.3, 0.4) is 0 Å². The minimum absolute atomic E-state index is 0.356. The Labute approximate surface area is 119 Å². The molecule has 6 heteroatoms. The Morgan fingerprint density at radius 3 is 3.05 bits per heavy atom. The number of hydrogen-bond donors (Lipinski definition) is 1. The van der Waals surface area contributed by atoms with Gasteiger partial charge in [0.2, 0.25) is 0 Å². The summed E-state index contributed by atoms with van der Waals surface area (Å²) in [5.74, 6) is 1.41. The Morgan fingerprint density at radius 2 is 2.26 bits per heavy atom. The second-order valence-corrected chi connectivity index (χ2v) is 5.48. The van der Waals surface area contributed by atoms with Crippen molar-refractivity contribution >= 4 is 15.9 Å². The first-order valence-corrected chi connectivity index (χ1v) is 7.00. The minimum atomic E-state index is 0.356. The first-order valence-electron chi connectivity index (χ1n) is 6.21. The average Bonchev–Trinajstić information content (AvgIpc) is 3.13. The van der Waals surface area contributed by atoms with E-state index in [0.29, 0.717) is 24.2 Å². The summed E-state index contributed by atoms with van der Waals surface area (Å²) in [5.41, 5.74) is 0.915. The monoisotopic (exact) mass is 323 g/mol. The second-order valence-electron chi connectivity index (χ2n) is 4.57. The van der Waals surface area contributed by atoms with Crippen molar-refractivity contribution in [2.45, 2.75) is 32.0 Å². The zero-order valence-corrected chi connectivity index (χ0v) is 11.9. The van der Waals surface area contributed by atoms with Crippen molar-refractivity contribution in [3.8, 4) is 5.75 Å². The lowest BCUT2D eigenvalue weighted by Crippen LogP contribution is -2.15. The SMILES string of the molecule is Brc1cncc(OCc2cc(CNC3CC3)no2)c1. The first-order chi connectivity index (χ1) is 9.29. The molecular weight excluding hydrogens is 310 g/mol. The highest BCUT2D eigenvalue weighted by molar-refractivity contribution is 9.10. The van der Waals surface area contributed by atoms with E-state index < -0.39 is 0 Å². The average molecular weight is 324 g/mol. The molecule has 1 saturated carbocycles. The molecule has 0 bridgehead atoms. The van der Waals surface area contributed by atoms with E-state index in [-0.39, 0.29) is 0 Å². The summed E-state index contributed by atoms with van der Waals surface area (Å²) in [6.45, 7) is 1.11. The minimum Gasteiger partial charge on any atom is -0.484 e. The van der Waals surface area contributed by atoms with Gasteiger partial charge in [-0.2, -0.15) is 0 Å². The molecule has 0 unspecified atom stereocenters.